The first-order valence-electron chi connectivity index (χ1n) is 11.6. The molecule has 3 heterocycles. The van der Waals surface area contributed by atoms with Crippen LogP contribution in [0.1, 0.15) is 50.9 Å². The van der Waals surface area contributed by atoms with E-state index in [2.05, 4.69) is 11.0 Å². The molecule has 3 aromatic rings. The number of aromatic nitrogens is 1. The number of rotatable bonds is 7. The molecule has 6 nitrogen and oxygen atoms in total. The predicted molar refractivity (Wildman–Crippen MR) is 127 cm³/mol. The number of carbonyl (C=O) groups is 1. The van der Waals surface area contributed by atoms with Gasteiger partial charge in [0.25, 0.3) is 0 Å². The smallest absolute Gasteiger partial charge is 0.225 e. The molecule has 0 N–H and O–H groups in total. The maximum Gasteiger partial charge on any atom is 0.225 e. The molecule has 0 saturated carbocycles. The van der Waals surface area contributed by atoms with Crippen molar-refractivity contribution in [2.24, 2.45) is 5.92 Å². The molecule has 0 unspecified atom stereocenters. The third-order valence-corrected chi connectivity index (χ3v) is 6.08. The summed E-state index contributed by atoms with van der Waals surface area (Å²) in [6.45, 7) is 6.82. The summed E-state index contributed by atoms with van der Waals surface area (Å²) in [5, 5.41) is 1.05. The summed E-state index contributed by atoms with van der Waals surface area (Å²) in [6.07, 6.45) is 6.49. The topological polar surface area (TPSA) is 58.8 Å². The van der Waals surface area contributed by atoms with Gasteiger partial charge in [0.2, 0.25) is 5.91 Å². The van der Waals surface area contributed by atoms with Crippen molar-refractivity contribution in [3.8, 4) is 5.75 Å². The van der Waals surface area contributed by atoms with Crippen molar-refractivity contribution < 1.29 is 13.9 Å². The highest BCUT2D eigenvalue weighted by molar-refractivity contribution is 5.84. The van der Waals surface area contributed by atoms with Crippen LogP contribution in [-0.4, -0.2) is 36.0 Å². The molecule has 32 heavy (non-hydrogen) atoms. The van der Waals surface area contributed by atoms with Crippen molar-refractivity contribution in [1.29, 1.82) is 0 Å². The Bertz CT molecular complexity index is 1040. The molecular formula is C26H33N3O3. The molecule has 0 spiro atoms. The minimum Gasteiger partial charge on any atom is -0.497 e. The summed E-state index contributed by atoms with van der Waals surface area (Å²) in [6, 6.07) is 11.9. The van der Waals surface area contributed by atoms with Crippen molar-refractivity contribution in [3.63, 3.8) is 0 Å². The van der Waals surface area contributed by atoms with Gasteiger partial charge < -0.3 is 19.0 Å². The minimum absolute atomic E-state index is 0.0933. The van der Waals surface area contributed by atoms with E-state index >= 15 is 0 Å². The van der Waals surface area contributed by atoms with Gasteiger partial charge >= 0.3 is 0 Å². The molecule has 0 aliphatic carbocycles. The highest BCUT2D eigenvalue weighted by Gasteiger charge is 2.23. The van der Waals surface area contributed by atoms with Crippen LogP contribution < -0.4 is 9.64 Å². The summed E-state index contributed by atoms with van der Waals surface area (Å²) in [7, 11) is 1.68. The Morgan fingerprint density at radius 1 is 1.12 bits per heavy atom. The number of furan rings is 1. The SMILES string of the molecule is COc1ccc2cc(CN(Cc3ccco3)C(=O)C(C)C)c(N3CCCCCC3)nc2c1. The van der Waals surface area contributed by atoms with Crippen LogP contribution in [0.15, 0.2) is 47.1 Å². The first kappa shape index (κ1) is 22.2. The fraction of sp³-hybridized carbons (Fsp3) is 0.462. The van der Waals surface area contributed by atoms with Crippen LogP contribution in [0.2, 0.25) is 0 Å². The normalized spacial score (nSPS) is 14.6. The van der Waals surface area contributed by atoms with Gasteiger partial charge in [0, 0.05) is 42.6 Å². The Morgan fingerprint density at radius 3 is 2.56 bits per heavy atom. The van der Waals surface area contributed by atoms with Crippen LogP contribution in [0.25, 0.3) is 10.9 Å². The standard InChI is InChI=1S/C26H33N3O3/c1-19(2)26(30)29(18-23-9-8-14-32-23)17-21-15-20-10-11-22(31-3)16-24(20)27-25(21)28-12-6-4-5-7-13-28/h8-11,14-16,19H,4-7,12-13,17-18H2,1-3H3. The average molecular weight is 436 g/mol. The fourth-order valence-corrected chi connectivity index (χ4v) is 4.35. The molecule has 1 aliphatic rings. The lowest BCUT2D eigenvalue weighted by Crippen LogP contribution is -2.34. The van der Waals surface area contributed by atoms with E-state index in [1.54, 1.807) is 13.4 Å². The highest BCUT2D eigenvalue weighted by Crippen LogP contribution is 2.30. The van der Waals surface area contributed by atoms with E-state index in [0.717, 1.165) is 59.7 Å². The summed E-state index contributed by atoms with van der Waals surface area (Å²) < 4.78 is 11.0. The Hall–Kier alpha value is -3.02. The molecule has 0 radical (unpaired) electrons. The summed E-state index contributed by atoms with van der Waals surface area (Å²) in [4.78, 5) is 22.5. The Morgan fingerprint density at radius 2 is 1.91 bits per heavy atom. The largest absolute Gasteiger partial charge is 0.497 e. The van der Waals surface area contributed by atoms with Gasteiger partial charge in [-0.1, -0.05) is 26.7 Å². The third-order valence-electron chi connectivity index (χ3n) is 6.08. The van der Waals surface area contributed by atoms with Crippen molar-refractivity contribution in [2.75, 3.05) is 25.1 Å². The van der Waals surface area contributed by atoms with Crippen molar-refractivity contribution >= 4 is 22.6 Å². The van der Waals surface area contributed by atoms with E-state index in [1.807, 2.05) is 49.1 Å². The minimum atomic E-state index is -0.0933. The Kier molecular flexibility index (Phi) is 6.98. The zero-order valence-electron chi connectivity index (χ0n) is 19.3. The number of ether oxygens (including phenoxy) is 1. The average Bonchev–Trinajstić information content (AvgIpc) is 3.16. The number of hydrogen-bond acceptors (Lipinski definition) is 5. The lowest BCUT2D eigenvalue weighted by atomic mass is 10.1. The first-order chi connectivity index (χ1) is 15.5. The van der Waals surface area contributed by atoms with E-state index in [0.29, 0.717) is 13.1 Å². The number of benzene rings is 1. The molecule has 0 bridgehead atoms. The van der Waals surface area contributed by atoms with E-state index in [4.69, 9.17) is 14.1 Å². The molecule has 170 valence electrons. The molecular weight excluding hydrogens is 402 g/mol. The molecule has 6 heteroatoms. The van der Waals surface area contributed by atoms with Crippen molar-refractivity contribution in [3.05, 3.63) is 54.0 Å². The van der Waals surface area contributed by atoms with Gasteiger partial charge in [0.05, 0.1) is 25.4 Å². The van der Waals surface area contributed by atoms with Gasteiger partial charge in [0.15, 0.2) is 0 Å². The van der Waals surface area contributed by atoms with Crippen molar-refractivity contribution in [2.45, 2.75) is 52.6 Å². The molecule has 1 saturated heterocycles. The molecule has 1 fully saturated rings. The zero-order chi connectivity index (χ0) is 22.5. The van der Waals surface area contributed by atoms with Gasteiger partial charge in [0.1, 0.15) is 17.3 Å². The van der Waals surface area contributed by atoms with Gasteiger partial charge in [-0.25, -0.2) is 4.98 Å². The summed E-state index contributed by atoms with van der Waals surface area (Å²) in [5.41, 5.74) is 1.99. The van der Waals surface area contributed by atoms with Gasteiger partial charge in [-0.15, -0.1) is 0 Å². The summed E-state index contributed by atoms with van der Waals surface area (Å²) in [5.74, 6) is 2.58. The number of hydrogen-bond donors (Lipinski definition) is 0. The Labute approximate surface area is 190 Å². The van der Waals surface area contributed by atoms with Crippen LogP contribution in [0, 0.1) is 5.92 Å². The molecule has 0 atom stereocenters. The number of nitrogens with zero attached hydrogens (tertiary/aromatic N) is 3. The van der Waals surface area contributed by atoms with Gasteiger partial charge in [-0.2, -0.15) is 0 Å². The molecule has 4 rings (SSSR count). The third kappa shape index (κ3) is 5.06. The maximum absolute atomic E-state index is 13.1. The lowest BCUT2D eigenvalue weighted by molar-refractivity contribution is -0.136. The molecule has 2 aromatic heterocycles. The van der Waals surface area contributed by atoms with Gasteiger partial charge in [-0.3, -0.25) is 4.79 Å². The summed E-state index contributed by atoms with van der Waals surface area (Å²) >= 11 is 0. The second-order valence-corrected chi connectivity index (χ2v) is 8.86. The molecule has 1 amide bonds. The maximum atomic E-state index is 13.1. The zero-order valence-corrected chi connectivity index (χ0v) is 19.3. The van der Waals surface area contributed by atoms with E-state index < -0.39 is 0 Å². The Balaban J connectivity index is 1.75. The number of fused-ring (bicyclic) bond motifs is 1. The second kappa shape index (κ2) is 10.1. The monoisotopic (exact) mass is 435 g/mol. The van der Waals surface area contributed by atoms with Crippen molar-refractivity contribution in [1.82, 2.24) is 9.88 Å². The quantitative estimate of drug-likeness (QED) is 0.497. The molecule has 1 aromatic carbocycles. The highest BCUT2D eigenvalue weighted by atomic mass is 16.5. The van der Waals surface area contributed by atoms with Crippen LogP contribution in [-0.2, 0) is 17.9 Å². The van der Waals surface area contributed by atoms with E-state index in [9.17, 15) is 4.79 Å². The number of pyridine rings is 1. The van der Waals surface area contributed by atoms with Crippen LogP contribution in [0.3, 0.4) is 0 Å². The van der Waals surface area contributed by atoms with Crippen LogP contribution in [0.5, 0.6) is 5.75 Å². The second-order valence-electron chi connectivity index (χ2n) is 8.86. The number of anilines is 1. The van der Waals surface area contributed by atoms with E-state index in [-0.39, 0.29) is 11.8 Å². The predicted octanol–water partition coefficient (Wildman–Crippen LogP) is 5.40. The van der Waals surface area contributed by atoms with Crippen LogP contribution in [0.4, 0.5) is 5.82 Å². The lowest BCUT2D eigenvalue weighted by Gasteiger charge is -2.29. The van der Waals surface area contributed by atoms with Gasteiger partial charge in [-0.05, 0) is 43.2 Å². The molecule has 1 aliphatic heterocycles. The van der Waals surface area contributed by atoms with Crippen LogP contribution >= 0.6 is 0 Å². The van der Waals surface area contributed by atoms with E-state index in [1.165, 1.54) is 12.8 Å². The first-order valence-corrected chi connectivity index (χ1v) is 11.6. The number of amides is 1. The number of carbonyl (C=O) groups excluding carboxylic acids is 1. The fourth-order valence-electron chi connectivity index (χ4n) is 4.35. The number of methoxy groups -OCH3 is 1.